The molecular formula is C6H13O7P. The summed E-state index contributed by atoms with van der Waals surface area (Å²) in [5.41, 5.74) is 0. The molecule has 1 unspecified atom stereocenters. The van der Waals surface area contributed by atoms with E-state index >= 15 is 0 Å². The minimum absolute atomic E-state index is 0.270. The number of hydrogen-bond acceptors (Lipinski definition) is 5. The van der Waals surface area contributed by atoms with Crippen LogP contribution in [-0.4, -0.2) is 45.1 Å². The van der Waals surface area contributed by atoms with Gasteiger partial charge in [-0.25, -0.2) is 4.57 Å². The highest BCUT2D eigenvalue weighted by molar-refractivity contribution is 7.46. The molecule has 0 aromatic carbocycles. The first-order chi connectivity index (χ1) is 6.42. The van der Waals surface area contributed by atoms with Crippen LogP contribution in [0.4, 0.5) is 0 Å². The number of ether oxygens (including phenoxy) is 1. The number of aliphatic hydroxyl groups excluding tert-OH is 2. The molecule has 0 aromatic heterocycles. The SMILES string of the molecule is O=P(O)(O)OC1O[C@H](CO)CC[C@H]1O. The van der Waals surface area contributed by atoms with Gasteiger partial charge in [-0.3, -0.25) is 4.52 Å². The summed E-state index contributed by atoms with van der Waals surface area (Å²) in [5, 5.41) is 18.0. The molecular weight excluding hydrogens is 215 g/mol. The van der Waals surface area contributed by atoms with E-state index in [2.05, 4.69) is 4.52 Å². The van der Waals surface area contributed by atoms with Gasteiger partial charge in [-0.1, -0.05) is 0 Å². The number of phosphoric ester groups is 1. The molecule has 0 spiro atoms. The zero-order chi connectivity index (χ0) is 10.8. The van der Waals surface area contributed by atoms with Crippen molar-refractivity contribution < 1.29 is 33.8 Å². The average molecular weight is 228 g/mol. The van der Waals surface area contributed by atoms with Crippen LogP contribution in [0.1, 0.15) is 12.8 Å². The zero-order valence-electron chi connectivity index (χ0n) is 7.31. The first kappa shape index (κ1) is 12.1. The molecule has 7 nitrogen and oxygen atoms in total. The maximum Gasteiger partial charge on any atom is 0.472 e. The second-order valence-electron chi connectivity index (χ2n) is 3.05. The quantitative estimate of drug-likeness (QED) is 0.455. The predicted molar refractivity (Wildman–Crippen MR) is 44.1 cm³/mol. The first-order valence-corrected chi connectivity index (χ1v) is 5.64. The molecule has 0 aliphatic carbocycles. The summed E-state index contributed by atoms with van der Waals surface area (Å²) in [4.78, 5) is 17.0. The lowest BCUT2D eigenvalue weighted by atomic mass is 10.1. The lowest BCUT2D eigenvalue weighted by Crippen LogP contribution is -2.41. The molecule has 84 valence electrons. The van der Waals surface area contributed by atoms with Crippen molar-refractivity contribution in [3.63, 3.8) is 0 Å². The van der Waals surface area contributed by atoms with Crippen molar-refractivity contribution >= 4 is 7.82 Å². The Morgan fingerprint density at radius 3 is 2.57 bits per heavy atom. The highest BCUT2D eigenvalue weighted by Gasteiger charge is 2.35. The summed E-state index contributed by atoms with van der Waals surface area (Å²) in [6.07, 6.45) is -2.30. The molecule has 3 atom stereocenters. The molecule has 0 bridgehead atoms. The molecule has 0 amide bonds. The Morgan fingerprint density at radius 2 is 2.07 bits per heavy atom. The summed E-state index contributed by atoms with van der Waals surface area (Å²) in [6.45, 7) is -0.270. The lowest BCUT2D eigenvalue weighted by molar-refractivity contribution is -0.214. The van der Waals surface area contributed by atoms with E-state index in [9.17, 15) is 9.67 Å². The molecule has 1 saturated heterocycles. The van der Waals surface area contributed by atoms with Crippen molar-refractivity contribution in [2.75, 3.05) is 6.61 Å². The van der Waals surface area contributed by atoms with Gasteiger partial charge in [0.05, 0.1) is 12.7 Å². The lowest BCUT2D eigenvalue weighted by Gasteiger charge is -2.32. The Balaban J connectivity index is 2.52. The molecule has 1 rings (SSSR count). The fourth-order valence-electron chi connectivity index (χ4n) is 1.21. The Hall–Kier alpha value is -0.0100. The summed E-state index contributed by atoms with van der Waals surface area (Å²) >= 11 is 0. The van der Waals surface area contributed by atoms with Gasteiger partial charge < -0.3 is 24.7 Å². The molecule has 4 N–H and O–H groups in total. The van der Waals surface area contributed by atoms with Crippen LogP contribution in [0.2, 0.25) is 0 Å². The van der Waals surface area contributed by atoms with Crippen molar-refractivity contribution in [2.24, 2.45) is 0 Å². The second kappa shape index (κ2) is 4.67. The van der Waals surface area contributed by atoms with Crippen LogP contribution < -0.4 is 0 Å². The topological polar surface area (TPSA) is 116 Å². The van der Waals surface area contributed by atoms with Crippen molar-refractivity contribution in [1.82, 2.24) is 0 Å². The second-order valence-corrected chi connectivity index (χ2v) is 4.24. The van der Waals surface area contributed by atoms with Gasteiger partial charge in [0.25, 0.3) is 0 Å². The monoisotopic (exact) mass is 228 g/mol. The third-order valence-corrected chi connectivity index (χ3v) is 2.35. The largest absolute Gasteiger partial charge is 0.472 e. The molecule has 1 heterocycles. The van der Waals surface area contributed by atoms with E-state index in [1.165, 1.54) is 0 Å². The van der Waals surface area contributed by atoms with Gasteiger partial charge in [-0.15, -0.1) is 0 Å². The number of hydrogen-bond donors (Lipinski definition) is 4. The summed E-state index contributed by atoms with van der Waals surface area (Å²) < 4.78 is 19.6. The van der Waals surface area contributed by atoms with E-state index in [1.54, 1.807) is 0 Å². The summed E-state index contributed by atoms with van der Waals surface area (Å²) in [7, 11) is -4.68. The predicted octanol–water partition coefficient (Wildman–Crippen LogP) is -1.05. The van der Waals surface area contributed by atoms with Crippen molar-refractivity contribution in [1.29, 1.82) is 0 Å². The Labute approximate surface area is 80.5 Å². The number of phosphoric acid groups is 1. The van der Waals surface area contributed by atoms with E-state index in [0.29, 0.717) is 6.42 Å². The maximum absolute atomic E-state index is 10.5. The summed E-state index contributed by atoms with van der Waals surface area (Å²) in [6, 6.07) is 0. The van der Waals surface area contributed by atoms with Crippen molar-refractivity contribution in [3.05, 3.63) is 0 Å². The van der Waals surface area contributed by atoms with Gasteiger partial charge >= 0.3 is 7.82 Å². The van der Waals surface area contributed by atoms with Crippen LogP contribution in [0.5, 0.6) is 0 Å². The van der Waals surface area contributed by atoms with Gasteiger partial charge in [-0.2, -0.15) is 0 Å². The van der Waals surface area contributed by atoms with Crippen LogP contribution >= 0.6 is 7.82 Å². The maximum atomic E-state index is 10.5. The third kappa shape index (κ3) is 3.62. The summed E-state index contributed by atoms with van der Waals surface area (Å²) in [5.74, 6) is 0. The fraction of sp³-hybridized carbons (Fsp3) is 1.00. The molecule has 14 heavy (non-hydrogen) atoms. The van der Waals surface area contributed by atoms with Crippen LogP contribution in [0.15, 0.2) is 0 Å². The highest BCUT2D eigenvalue weighted by Crippen LogP contribution is 2.40. The van der Waals surface area contributed by atoms with Gasteiger partial charge in [0.2, 0.25) is 0 Å². The van der Waals surface area contributed by atoms with E-state index in [0.717, 1.165) is 0 Å². The fourth-order valence-corrected chi connectivity index (χ4v) is 1.67. The third-order valence-electron chi connectivity index (χ3n) is 1.87. The van der Waals surface area contributed by atoms with E-state index < -0.39 is 26.3 Å². The average Bonchev–Trinajstić information content (AvgIpc) is 2.06. The molecule has 1 aliphatic rings. The highest BCUT2D eigenvalue weighted by atomic mass is 31.2. The van der Waals surface area contributed by atoms with E-state index in [1.807, 2.05) is 0 Å². The van der Waals surface area contributed by atoms with Crippen LogP contribution in [0.3, 0.4) is 0 Å². The standard InChI is InChI=1S/C6H13O7P/c7-3-4-1-2-5(8)6(12-4)13-14(9,10)11/h4-8H,1-3H2,(H2,9,10,11)/t4-,5+,6?/m0/s1. The van der Waals surface area contributed by atoms with Gasteiger partial charge in [0.15, 0.2) is 6.29 Å². The normalized spacial score (nSPS) is 34.4. The van der Waals surface area contributed by atoms with Gasteiger partial charge in [-0.05, 0) is 12.8 Å². The number of aliphatic hydroxyl groups is 2. The molecule has 0 radical (unpaired) electrons. The molecule has 1 aliphatic heterocycles. The molecule has 1 fully saturated rings. The first-order valence-electron chi connectivity index (χ1n) is 4.10. The molecule has 8 heteroatoms. The van der Waals surface area contributed by atoms with E-state index in [4.69, 9.17) is 19.6 Å². The van der Waals surface area contributed by atoms with E-state index in [-0.39, 0.29) is 13.0 Å². The van der Waals surface area contributed by atoms with Crippen molar-refractivity contribution in [3.8, 4) is 0 Å². The van der Waals surface area contributed by atoms with Crippen LogP contribution in [0, 0.1) is 0 Å². The van der Waals surface area contributed by atoms with Crippen molar-refractivity contribution in [2.45, 2.75) is 31.3 Å². The Morgan fingerprint density at radius 1 is 1.43 bits per heavy atom. The minimum Gasteiger partial charge on any atom is -0.394 e. The Kier molecular flexibility index (Phi) is 4.03. The Bertz CT molecular complexity index is 226. The minimum atomic E-state index is -4.68. The zero-order valence-corrected chi connectivity index (χ0v) is 8.21. The van der Waals surface area contributed by atoms with Gasteiger partial charge in [0, 0.05) is 0 Å². The van der Waals surface area contributed by atoms with Gasteiger partial charge in [0.1, 0.15) is 6.10 Å². The smallest absolute Gasteiger partial charge is 0.394 e. The number of rotatable bonds is 3. The molecule has 0 saturated carbocycles. The molecule has 0 aromatic rings. The van der Waals surface area contributed by atoms with Crippen LogP contribution in [0.25, 0.3) is 0 Å². The van der Waals surface area contributed by atoms with Crippen LogP contribution in [-0.2, 0) is 13.8 Å².